The average Bonchev–Trinajstić information content (AvgIpc) is 2.25. The van der Waals surface area contributed by atoms with Crippen LogP contribution in [0.15, 0.2) is 4.99 Å². The number of methoxy groups -OCH3 is 1. The van der Waals surface area contributed by atoms with Gasteiger partial charge in [-0.05, 0) is 39.5 Å². The topological polar surface area (TPSA) is 68.9 Å². The van der Waals surface area contributed by atoms with Crippen molar-refractivity contribution < 1.29 is 9.47 Å². The predicted octanol–water partition coefficient (Wildman–Crippen LogP) is 1.13. The van der Waals surface area contributed by atoms with E-state index in [0.29, 0.717) is 30.7 Å². The normalized spacial score (nSPS) is 31.1. The van der Waals surface area contributed by atoms with Gasteiger partial charge in [-0.15, -0.1) is 0 Å². The van der Waals surface area contributed by atoms with Gasteiger partial charge < -0.3 is 20.5 Å². The average molecular weight is 257 g/mol. The van der Waals surface area contributed by atoms with Gasteiger partial charge in [-0.25, -0.2) is 0 Å². The molecule has 3 atom stereocenters. The molecule has 5 nitrogen and oxygen atoms in total. The summed E-state index contributed by atoms with van der Waals surface area (Å²) in [5, 5.41) is 3.11. The minimum absolute atomic E-state index is 0.186. The SMILES string of the molecule is COCC(C)NC(N)=NCC1CC(C)OC(C)C1. The van der Waals surface area contributed by atoms with Gasteiger partial charge in [0.15, 0.2) is 5.96 Å². The van der Waals surface area contributed by atoms with Gasteiger partial charge in [-0.1, -0.05) is 0 Å². The van der Waals surface area contributed by atoms with E-state index in [1.165, 1.54) is 0 Å². The van der Waals surface area contributed by atoms with Crippen molar-refractivity contribution in [3.63, 3.8) is 0 Å². The van der Waals surface area contributed by atoms with Crippen molar-refractivity contribution in [2.45, 2.75) is 51.9 Å². The number of nitrogens with two attached hydrogens (primary N) is 1. The highest BCUT2D eigenvalue weighted by Gasteiger charge is 2.24. The Labute approximate surface area is 110 Å². The van der Waals surface area contributed by atoms with Crippen molar-refractivity contribution in [1.29, 1.82) is 0 Å². The first kappa shape index (κ1) is 15.2. The fourth-order valence-electron chi connectivity index (χ4n) is 2.51. The third kappa shape index (κ3) is 5.69. The second-order valence-electron chi connectivity index (χ2n) is 5.32. The summed E-state index contributed by atoms with van der Waals surface area (Å²) in [5.41, 5.74) is 5.84. The molecule has 106 valence electrons. The maximum atomic E-state index is 5.84. The van der Waals surface area contributed by atoms with E-state index in [1.807, 2.05) is 6.92 Å². The molecule has 1 saturated heterocycles. The quantitative estimate of drug-likeness (QED) is 0.572. The van der Waals surface area contributed by atoms with Crippen molar-refractivity contribution in [1.82, 2.24) is 5.32 Å². The van der Waals surface area contributed by atoms with Crippen LogP contribution in [-0.4, -0.2) is 44.5 Å². The van der Waals surface area contributed by atoms with Gasteiger partial charge in [0.05, 0.1) is 18.8 Å². The minimum Gasteiger partial charge on any atom is -0.383 e. The molecule has 1 rings (SSSR count). The Morgan fingerprint density at radius 1 is 1.44 bits per heavy atom. The number of hydrogen-bond acceptors (Lipinski definition) is 3. The monoisotopic (exact) mass is 257 g/mol. The van der Waals surface area contributed by atoms with Crippen molar-refractivity contribution in [2.24, 2.45) is 16.6 Å². The highest BCUT2D eigenvalue weighted by molar-refractivity contribution is 5.78. The number of rotatable bonds is 5. The van der Waals surface area contributed by atoms with E-state index in [2.05, 4.69) is 24.2 Å². The third-order valence-electron chi connectivity index (χ3n) is 3.13. The number of hydrogen-bond donors (Lipinski definition) is 2. The lowest BCUT2D eigenvalue weighted by Gasteiger charge is -2.31. The molecule has 3 N–H and O–H groups in total. The van der Waals surface area contributed by atoms with Crippen molar-refractivity contribution in [3.05, 3.63) is 0 Å². The molecule has 0 radical (unpaired) electrons. The predicted molar refractivity (Wildman–Crippen MR) is 73.7 cm³/mol. The molecule has 18 heavy (non-hydrogen) atoms. The maximum Gasteiger partial charge on any atom is 0.188 e. The van der Waals surface area contributed by atoms with E-state index in [-0.39, 0.29) is 6.04 Å². The lowest BCUT2D eigenvalue weighted by molar-refractivity contribution is -0.0501. The van der Waals surface area contributed by atoms with Crippen LogP contribution < -0.4 is 11.1 Å². The Balaban J connectivity index is 2.33. The van der Waals surface area contributed by atoms with Crippen molar-refractivity contribution >= 4 is 5.96 Å². The lowest BCUT2D eigenvalue weighted by Crippen LogP contribution is -2.41. The zero-order valence-corrected chi connectivity index (χ0v) is 12.0. The zero-order valence-electron chi connectivity index (χ0n) is 12.0. The Morgan fingerprint density at radius 3 is 2.61 bits per heavy atom. The molecule has 1 fully saturated rings. The van der Waals surface area contributed by atoms with E-state index < -0.39 is 0 Å². The summed E-state index contributed by atoms with van der Waals surface area (Å²) in [7, 11) is 1.68. The zero-order chi connectivity index (χ0) is 13.5. The molecule has 1 aliphatic heterocycles. The minimum atomic E-state index is 0.186. The van der Waals surface area contributed by atoms with Crippen LogP contribution in [0.1, 0.15) is 33.6 Å². The molecule has 0 saturated carbocycles. The Hall–Kier alpha value is -0.810. The molecule has 0 aliphatic carbocycles. The molecular weight excluding hydrogens is 230 g/mol. The number of aliphatic imine (C=N–C) groups is 1. The molecule has 0 spiro atoms. The number of nitrogens with one attached hydrogen (secondary N) is 1. The van der Waals surface area contributed by atoms with Gasteiger partial charge in [-0.3, -0.25) is 4.99 Å². The van der Waals surface area contributed by atoms with Gasteiger partial charge in [0.1, 0.15) is 0 Å². The summed E-state index contributed by atoms with van der Waals surface area (Å²) in [4.78, 5) is 4.41. The molecule has 3 unspecified atom stereocenters. The van der Waals surface area contributed by atoms with Crippen LogP contribution in [0.4, 0.5) is 0 Å². The number of ether oxygens (including phenoxy) is 2. The van der Waals surface area contributed by atoms with Crippen LogP contribution >= 0.6 is 0 Å². The van der Waals surface area contributed by atoms with E-state index in [4.69, 9.17) is 15.2 Å². The number of guanidine groups is 1. The highest BCUT2D eigenvalue weighted by atomic mass is 16.5. The van der Waals surface area contributed by atoms with Crippen molar-refractivity contribution in [2.75, 3.05) is 20.3 Å². The first-order chi connectivity index (χ1) is 8.51. The first-order valence-electron chi connectivity index (χ1n) is 6.72. The second-order valence-corrected chi connectivity index (χ2v) is 5.32. The Kier molecular flexibility index (Phi) is 6.43. The summed E-state index contributed by atoms with van der Waals surface area (Å²) in [6.45, 7) is 7.66. The van der Waals surface area contributed by atoms with Crippen LogP contribution in [0, 0.1) is 5.92 Å². The van der Waals surface area contributed by atoms with Crippen LogP contribution in [0.3, 0.4) is 0 Å². The Bertz CT molecular complexity index is 261. The van der Waals surface area contributed by atoms with Gasteiger partial charge >= 0.3 is 0 Å². The molecular formula is C13H27N3O2. The van der Waals surface area contributed by atoms with Crippen LogP contribution in [0.2, 0.25) is 0 Å². The fourth-order valence-corrected chi connectivity index (χ4v) is 2.51. The van der Waals surface area contributed by atoms with Crippen molar-refractivity contribution in [3.8, 4) is 0 Å². The molecule has 0 aromatic heterocycles. The summed E-state index contributed by atoms with van der Waals surface area (Å²) in [6.07, 6.45) is 2.79. The maximum absolute atomic E-state index is 5.84. The van der Waals surface area contributed by atoms with Gasteiger partial charge in [-0.2, -0.15) is 0 Å². The van der Waals surface area contributed by atoms with Gasteiger partial charge in [0, 0.05) is 19.7 Å². The molecule has 1 heterocycles. The molecule has 1 aliphatic rings. The van der Waals surface area contributed by atoms with Gasteiger partial charge in [0.25, 0.3) is 0 Å². The fraction of sp³-hybridized carbons (Fsp3) is 0.923. The smallest absolute Gasteiger partial charge is 0.188 e. The third-order valence-corrected chi connectivity index (χ3v) is 3.13. The molecule has 0 aromatic carbocycles. The van der Waals surface area contributed by atoms with E-state index in [0.717, 1.165) is 19.4 Å². The van der Waals surface area contributed by atoms with Crippen LogP contribution in [0.25, 0.3) is 0 Å². The van der Waals surface area contributed by atoms with Gasteiger partial charge in [0.2, 0.25) is 0 Å². The summed E-state index contributed by atoms with van der Waals surface area (Å²) in [6, 6.07) is 0.186. The molecule has 5 heteroatoms. The molecule has 0 amide bonds. The van der Waals surface area contributed by atoms with E-state index in [9.17, 15) is 0 Å². The first-order valence-corrected chi connectivity index (χ1v) is 6.72. The standard InChI is InChI=1S/C13H27N3O2/c1-9(8-17-4)16-13(14)15-7-12-5-10(2)18-11(3)6-12/h9-12H,5-8H2,1-4H3,(H3,14,15,16). The van der Waals surface area contributed by atoms with E-state index in [1.54, 1.807) is 7.11 Å². The molecule has 0 aromatic rings. The Morgan fingerprint density at radius 2 is 2.06 bits per heavy atom. The lowest BCUT2D eigenvalue weighted by atomic mass is 9.93. The summed E-state index contributed by atoms with van der Waals surface area (Å²) < 4.78 is 10.7. The number of nitrogens with zero attached hydrogens (tertiary/aromatic N) is 1. The molecule has 0 bridgehead atoms. The highest BCUT2D eigenvalue weighted by Crippen LogP contribution is 2.24. The van der Waals surface area contributed by atoms with Crippen LogP contribution in [-0.2, 0) is 9.47 Å². The largest absolute Gasteiger partial charge is 0.383 e. The summed E-state index contributed by atoms with van der Waals surface area (Å²) in [5.74, 6) is 1.08. The van der Waals surface area contributed by atoms with Crippen LogP contribution in [0.5, 0.6) is 0 Å². The second kappa shape index (κ2) is 7.59. The van der Waals surface area contributed by atoms with E-state index >= 15 is 0 Å². The summed E-state index contributed by atoms with van der Waals surface area (Å²) >= 11 is 0.